The molecule has 2 atom stereocenters. The van der Waals surface area contributed by atoms with Gasteiger partial charge in [0.15, 0.2) is 0 Å². The van der Waals surface area contributed by atoms with E-state index in [-0.39, 0.29) is 11.9 Å². The fourth-order valence-electron chi connectivity index (χ4n) is 1.47. The van der Waals surface area contributed by atoms with Crippen LogP contribution in [0.4, 0.5) is 0 Å². The molecule has 1 fully saturated rings. The minimum absolute atomic E-state index is 0.0229. The number of amides is 1. The van der Waals surface area contributed by atoms with Crippen LogP contribution in [-0.2, 0) is 15.6 Å². The molecule has 5 heteroatoms. The smallest absolute Gasteiger partial charge is 0.239 e. The van der Waals surface area contributed by atoms with Gasteiger partial charge in [0.05, 0.1) is 6.04 Å². The molecule has 2 unspecified atom stereocenters. The van der Waals surface area contributed by atoms with E-state index in [0.717, 1.165) is 13.0 Å². The minimum atomic E-state index is -0.804. The lowest BCUT2D eigenvalue weighted by Crippen LogP contribution is -2.37. The van der Waals surface area contributed by atoms with Gasteiger partial charge in [0.25, 0.3) is 0 Å². The lowest BCUT2D eigenvalue weighted by Gasteiger charge is -2.15. The van der Waals surface area contributed by atoms with E-state index in [4.69, 9.17) is 0 Å². The quantitative estimate of drug-likeness (QED) is 0.651. The molecular weight excluding hydrogens is 188 g/mol. The Morgan fingerprint density at radius 2 is 2.38 bits per heavy atom. The van der Waals surface area contributed by atoms with Crippen LogP contribution in [0.2, 0.25) is 0 Å². The van der Waals surface area contributed by atoms with E-state index in [2.05, 4.69) is 5.32 Å². The van der Waals surface area contributed by atoms with Gasteiger partial charge in [0.1, 0.15) is 0 Å². The fraction of sp³-hybridized carbons (Fsp3) is 0.875. The normalized spacial score (nSPS) is 25.2. The molecule has 0 aromatic carbocycles. The van der Waals surface area contributed by atoms with Crippen LogP contribution in [0.3, 0.4) is 0 Å². The second kappa shape index (κ2) is 4.72. The molecule has 0 radical (unpaired) electrons. The van der Waals surface area contributed by atoms with E-state index < -0.39 is 10.8 Å². The van der Waals surface area contributed by atoms with Crippen molar-refractivity contribution in [3.8, 4) is 0 Å². The molecule has 1 N–H and O–H groups in total. The van der Waals surface area contributed by atoms with Crippen LogP contribution in [0.25, 0.3) is 0 Å². The van der Waals surface area contributed by atoms with Crippen molar-refractivity contribution < 1.29 is 9.00 Å². The minimum Gasteiger partial charge on any atom is -0.340 e. The Balaban J connectivity index is 2.37. The van der Waals surface area contributed by atoms with Gasteiger partial charge in [-0.1, -0.05) is 0 Å². The highest BCUT2D eigenvalue weighted by molar-refractivity contribution is 7.84. The Labute approximate surface area is 81.1 Å². The predicted octanol–water partition coefficient (Wildman–Crippen LogP) is -0.815. The second-order valence-corrected chi connectivity index (χ2v) is 4.79. The molecule has 4 nitrogen and oxygen atoms in total. The summed E-state index contributed by atoms with van der Waals surface area (Å²) in [6.07, 6.45) is 2.53. The molecule has 0 aromatic heterocycles. The zero-order valence-electron chi connectivity index (χ0n) is 8.08. The summed E-state index contributed by atoms with van der Waals surface area (Å²) in [6.45, 7) is 1.42. The van der Waals surface area contributed by atoms with Crippen molar-refractivity contribution in [3.05, 3.63) is 0 Å². The first kappa shape index (κ1) is 10.7. The third kappa shape index (κ3) is 2.77. The molecule has 76 valence electrons. The summed E-state index contributed by atoms with van der Waals surface area (Å²) in [4.78, 5) is 13.3. The highest BCUT2D eigenvalue weighted by Crippen LogP contribution is 2.09. The molecule has 1 aliphatic rings. The maximum atomic E-state index is 11.5. The monoisotopic (exact) mass is 204 g/mol. The van der Waals surface area contributed by atoms with Gasteiger partial charge in [-0.3, -0.25) is 9.00 Å². The van der Waals surface area contributed by atoms with Crippen molar-refractivity contribution in [3.63, 3.8) is 0 Å². The van der Waals surface area contributed by atoms with E-state index in [1.165, 1.54) is 0 Å². The van der Waals surface area contributed by atoms with Crippen LogP contribution in [0.1, 0.15) is 6.42 Å². The summed E-state index contributed by atoms with van der Waals surface area (Å²) in [6, 6.07) is -0.0229. The molecular formula is C8H16N2O2S. The molecule has 0 aromatic rings. The van der Waals surface area contributed by atoms with Gasteiger partial charge in [-0.15, -0.1) is 0 Å². The number of rotatable bonds is 4. The molecule has 0 saturated carbocycles. The number of nitrogens with one attached hydrogen (secondary N) is 1. The fourth-order valence-corrected chi connectivity index (χ4v) is 1.95. The van der Waals surface area contributed by atoms with Crippen molar-refractivity contribution in [1.82, 2.24) is 10.2 Å². The second-order valence-electron chi connectivity index (χ2n) is 3.23. The standard InChI is InChI=1S/C8H16N2O2S/c1-9-7-3-4-10(8(7)11)5-6-13(2)12/h7,9H,3-6H2,1-2H3. The van der Waals surface area contributed by atoms with Gasteiger partial charge in [0, 0.05) is 35.9 Å². The lowest BCUT2D eigenvalue weighted by molar-refractivity contribution is -0.129. The number of hydrogen-bond donors (Lipinski definition) is 1. The molecule has 1 amide bonds. The Bertz CT molecular complexity index is 220. The molecule has 1 rings (SSSR count). The van der Waals surface area contributed by atoms with E-state index in [1.807, 2.05) is 0 Å². The highest BCUT2D eigenvalue weighted by Gasteiger charge is 2.29. The molecule has 0 aliphatic carbocycles. The first-order valence-electron chi connectivity index (χ1n) is 4.41. The predicted molar refractivity (Wildman–Crippen MR) is 53.0 cm³/mol. The number of nitrogens with zero attached hydrogens (tertiary/aromatic N) is 1. The third-order valence-electron chi connectivity index (χ3n) is 2.29. The van der Waals surface area contributed by atoms with Gasteiger partial charge in [0.2, 0.25) is 5.91 Å². The first-order valence-corrected chi connectivity index (χ1v) is 6.14. The van der Waals surface area contributed by atoms with Crippen LogP contribution in [0, 0.1) is 0 Å². The Morgan fingerprint density at radius 1 is 1.69 bits per heavy atom. The summed E-state index contributed by atoms with van der Waals surface area (Å²) >= 11 is 0. The van der Waals surface area contributed by atoms with Gasteiger partial charge in [-0.25, -0.2) is 0 Å². The molecule has 13 heavy (non-hydrogen) atoms. The molecule has 0 bridgehead atoms. The third-order valence-corrected chi connectivity index (χ3v) is 3.05. The summed E-state index contributed by atoms with van der Waals surface area (Å²) in [5, 5.41) is 2.96. The van der Waals surface area contributed by atoms with Crippen molar-refractivity contribution >= 4 is 16.7 Å². The number of carbonyl (C=O) groups is 1. The maximum absolute atomic E-state index is 11.5. The van der Waals surface area contributed by atoms with Gasteiger partial charge >= 0.3 is 0 Å². The van der Waals surface area contributed by atoms with Gasteiger partial charge in [-0.2, -0.15) is 0 Å². The first-order chi connectivity index (χ1) is 6.15. The van der Waals surface area contributed by atoms with Gasteiger partial charge in [-0.05, 0) is 13.5 Å². The van der Waals surface area contributed by atoms with E-state index in [0.29, 0.717) is 12.3 Å². The maximum Gasteiger partial charge on any atom is 0.239 e. The lowest BCUT2D eigenvalue weighted by atomic mass is 10.3. The van der Waals surface area contributed by atoms with Crippen LogP contribution >= 0.6 is 0 Å². The van der Waals surface area contributed by atoms with Crippen molar-refractivity contribution in [2.75, 3.05) is 32.1 Å². The van der Waals surface area contributed by atoms with Gasteiger partial charge < -0.3 is 10.2 Å². The zero-order valence-corrected chi connectivity index (χ0v) is 8.89. The molecule has 1 aliphatic heterocycles. The van der Waals surface area contributed by atoms with E-state index >= 15 is 0 Å². The average molecular weight is 204 g/mol. The van der Waals surface area contributed by atoms with E-state index in [1.54, 1.807) is 18.2 Å². The van der Waals surface area contributed by atoms with Crippen LogP contribution < -0.4 is 5.32 Å². The molecule has 1 saturated heterocycles. The largest absolute Gasteiger partial charge is 0.340 e. The summed E-state index contributed by atoms with van der Waals surface area (Å²) in [5.41, 5.74) is 0. The van der Waals surface area contributed by atoms with Crippen molar-refractivity contribution in [1.29, 1.82) is 0 Å². The molecule has 0 spiro atoms. The Morgan fingerprint density at radius 3 is 2.85 bits per heavy atom. The topological polar surface area (TPSA) is 49.4 Å². The van der Waals surface area contributed by atoms with Crippen LogP contribution in [0.5, 0.6) is 0 Å². The Kier molecular flexibility index (Phi) is 3.87. The number of likely N-dealkylation sites (tertiary alicyclic amines) is 1. The average Bonchev–Trinajstić information content (AvgIpc) is 2.43. The van der Waals surface area contributed by atoms with E-state index in [9.17, 15) is 9.00 Å². The summed E-state index contributed by atoms with van der Waals surface area (Å²) in [5.74, 6) is 0.732. The van der Waals surface area contributed by atoms with Crippen molar-refractivity contribution in [2.45, 2.75) is 12.5 Å². The van der Waals surface area contributed by atoms with Crippen LogP contribution in [0.15, 0.2) is 0 Å². The van der Waals surface area contributed by atoms with Crippen molar-refractivity contribution in [2.24, 2.45) is 0 Å². The zero-order chi connectivity index (χ0) is 9.84. The number of hydrogen-bond acceptors (Lipinski definition) is 3. The number of likely N-dealkylation sites (N-methyl/N-ethyl adjacent to an activating group) is 1. The van der Waals surface area contributed by atoms with Crippen LogP contribution in [-0.4, -0.2) is 53.2 Å². The SMILES string of the molecule is CNC1CCN(CCS(C)=O)C1=O. The summed E-state index contributed by atoms with van der Waals surface area (Å²) < 4.78 is 10.8. The Hall–Kier alpha value is -0.420. The molecule has 1 heterocycles. The summed E-state index contributed by atoms with van der Waals surface area (Å²) in [7, 11) is 0.992. The highest BCUT2D eigenvalue weighted by atomic mass is 32.2. The number of carbonyl (C=O) groups excluding carboxylic acids is 1.